The van der Waals surface area contributed by atoms with Gasteiger partial charge in [0.25, 0.3) is 12.3 Å². The molecule has 4 heteroatoms. The van der Waals surface area contributed by atoms with E-state index < -0.39 is 0 Å². The summed E-state index contributed by atoms with van der Waals surface area (Å²) in [6.07, 6.45) is 9.98. The van der Waals surface area contributed by atoms with E-state index in [1.807, 2.05) is 22.8 Å². The van der Waals surface area contributed by atoms with Crippen LogP contribution in [0.2, 0.25) is 0 Å². The molecule has 0 N–H and O–H groups in total. The molecule has 0 saturated heterocycles. The van der Waals surface area contributed by atoms with Crippen LogP contribution < -0.4 is 26.8 Å². The van der Waals surface area contributed by atoms with Gasteiger partial charge in [-0.15, -0.1) is 0 Å². The molecule has 1 aromatic heterocycles. The summed E-state index contributed by atoms with van der Waals surface area (Å²) in [6, 6.07) is 61.3. The van der Waals surface area contributed by atoms with Crippen LogP contribution in [0.5, 0.6) is 0 Å². The van der Waals surface area contributed by atoms with E-state index in [0.717, 1.165) is 38.7 Å². The molecule has 0 bridgehead atoms. The number of hydrogen-bond acceptors (Lipinski definition) is 2. The summed E-state index contributed by atoms with van der Waals surface area (Å²) in [5.74, 6) is 0. The molecule has 13 rings (SSSR count). The molecule has 2 aliphatic heterocycles. The minimum absolute atomic E-state index is 0.0114. The van der Waals surface area contributed by atoms with E-state index in [2.05, 4.69) is 178 Å². The Morgan fingerprint density at radius 2 is 1.07 bits per heavy atom. The van der Waals surface area contributed by atoms with Crippen LogP contribution in [0.3, 0.4) is 0 Å². The van der Waals surface area contributed by atoms with Gasteiger partial charge in [-0.1, -0.05) is 181 Å². The van der Waals surface area contributed by atoms with Gasteiger partial charge in [0, 0.05) is 44.4 Å². The third kappa shape index (κ3) is 5.62. The maximum atomic E-state index is 14.6. The van der Waals surface area contributed by atoms with E-state index in [9.17, 15) is 4.79 Å². The van der Waals surface area contributed by atoms with Crippen molar-refractivity contribution in [2.45, 2.75) is 89.9 Å². The summed E-state index contributed by atoms with van der Waals surface area (Å²) < 4.78 is 2.01. The SMILES string of the molecule is CCCCCCC1(CCCC)c2ccccc2-c2ccc(-c3ccc4c(c3)C(C)(C)c3cc(N5c6ccccc6B6c7c5cccc7-n5c(=O)c7ccccc7c7cccc6c75)ccc3-4)cc21. The average molecular weight is 867 g/mol. The van der Waals surface area contributed by atoms with Crippen LogP contribution in [0.15, 0.2) is 169 Å². The molecular formula is C63H55BN2O. The van der Waals surface area contributed by atoms with E-state index in [1.165, 1.54) is 124 Å². The Kier molecular flexibility index (Phi) is 9.07. The fourth-order valence-electron chi connectivity index (χ4n) is 13.3. The molecule has 1 atom stereocenters. The van der Waals surface area contributed by atoms with E-state index in [0.29, 0.717) is 0 Å². The van der Waals surface area contributed by atoms with Crippen molar-refractivity contribution < 1.29 is 0 Å². The predicted molar refractivity (Wildman–Crippen MR) is 284 cm³/mol. The molecule has 3 nitrogen and oxygen atoms in total. The molecular weight excluding hydrogens is 812 g/mol. The van der Waals surface area contributed by atoms with Gasteiger partial charge in [0.1, 0.15) is 0 Å². The van der Waals surface area contributed by atoms with Crippen LogP contribution >= 0.6 is 0 Å². The number of para-hydroxylation sites is 2. The highest BCUT2D eigenvalue weighted by Crippen LogP contribution is 2.56. The molecule has 0 spiro atoms. The van der Waals surface area contributed by atoms with Crippen molar-refractivity contribution >= 4 is 61.8 Å². The summed E-state index contributed by atoms with van der Waals surface area (Å²) in [5.41, 5.74) is 22.8. The normalized spacial score (nSPS) is 16.4. The third-order valence-corrected chi connectivity index (χ3v) is 16.5. The second-order valence-corrected chi connectivity index (χ2v) is 20.4. The van der Waals surface area contributed by atoms with Crippen molar-refractivity contribution in [2.24, 2.45) is 0 Å². The lowest BCUT2D eigenvalue weighted by molar-refractivity contribution is 0.407. The maximum absolute atomic E-state index is 14.6. The first-order valence-corrected chi connectivity index (χ1v) is 25.0. The molecule has 0 amide bonds. The molecule has 9 aromatic rings. The second kappa shape index (κ2) is 15.1. The number of hydrogen-bond donors (Lipinski definition) is 0. The molecule has 3 heterocycles. The van der Waals surface area contributed by atoms with Crippen LogP contribution in [-0.4, -0.2) is 11.3 Å². The minimum atomic E-state index is -0.231. The summed E-state index contributed by atoms with van der Waals surface area (Å²) in [4.78, 5) is 17.1. The third-order valence-electron chi connectivity index (χ3n) is 16.5. The fourth-order valence-corrected chi connectivity index (χ4v) is 13.3. The van der Waals surface area contributed by atoms with Gasteiger partial charge in [0.2, 0.25) is 0 Å². The zero-order chi connectivity index (χ0) is 45.2. The summed E-state index contributed by atoms with van der Waals surface area (Å²) in [7, 11) is 0. The van der Waals surface area contributed by atoms with Crippen LogP contribution in [0, 0.1) is 0 Å². The van der Waals surface area contributed by atoms with Crippen molar-refractivity contribution in [3.8, 4) is 39.1 Å². The zero-order valence-electron chi connectivity index (χ0n) is 39.1. The van der Waals surface area contributed by atoms with E-state index in [4.69, 9.17) is 0 Å². The Balaban J connectivity index is 0.917. The van der Waals surface area contributed by atoms with Crippen molar-refractivity contribution in [1.29, 1.82) is 0 Å². The highest BCUT2D eigenvalue weighted by Gasteiger charge is 2.44. The van der Waals surface area contributed by atoms with Crippen molar-refractivity contribution in [2.75, 3.05) is 4.90 Å². The van der Waals surface area contributed by atoms with E-state index in [-0.39, 0.29) is 23.1 Å². The molecule has 1 unspecified atom stereocenters. The first-order chi connectivity index (χ1) is 32.8. The maximum Gasteiger partial charge on any atom is 0.263 e. The molecule has 67 heavy (non-hydrogen) atoms. The summed E-state index contributed by atoms with van der Waals surface area (Å²) in [5, 5.41) is 2.88. The van der Waals surface area contributed by atoms with Gasteiger partial charge >= 0.3 is 0 Å². The molecule has 4 aliphatic rings. The van der Waals surface area contributed by atoms with Gasteiger partial charge in [-0.05, 0) is 139 Å². The lowest BCUT2D eigenvalue weighted by atomic mass is 9.33. The average Bonchev–Trinajstić information content (AvgIpc) is 3.77. The van der Waals surface area contributed by atoms with Crippen LogP contribution in [-0.2, 0) is 10.8 Å². The van der Waals surface area contributed by atoms with Crippen LogP contribution in [0.4, 0.5) is 17.1 Å². The van der Waals surface area contributed by atoms with Crippen LogP contribution in [0.1, 0.15) is 101 Å². The smallest absolute Gasteiger partial charge is 0.263 e. The Bertz CT molecular complexity index is 3600. The summed E-state index contributed by atoms with van der Waals surface area (Å²) in [6.45, 7) is 9.47. The van der Waals surface area contributed by atoms with Gasteiger partial charge < -0.3 is 4.90 Å². The second-order valence-electron chi connectivity index (χ2n) is 20.4. The van der Waals surface area contributed by atoms with Crippen molar-refractivity contribution in [3.05, 3.63) is 196 Å². The van der Waals surface area contributed by atoms with E-state index in [1.54, 1.807) is 5.56 Å². The molecule has 0 fully saturated rings. The fraction of sp³-hybridized carbons (Fsp3) is 0.222. The largest absolute Gasteiger partial charge is 0.311 e. The molecule has 0 saturated carbocycles. The number of nitrogens with zero attached hydrogens (tertiary/aromatic N) is 2. The number of pyridine rings is 1. The number of unbranched alkanes of at least 4 members (excludes halogenated alkanes) is 4. The molecule has 2 aliphatic carbocycles. The van der Waals surface area contributed by atoms with Gasteiger partial charge in [0.15, 0.2) is 0 Å². The quantitative estimate of drug-likeness (QED) is 0.0777. The highest BCUT2D eigenvalue weighted by molar-refractivity contribution is 7.00. The Hall–Kier alpha value is -6.91. The predicted octanol–water partition coefficient (Wildman–Crippen LogP) is 14.2. The van der Waals surface area contributed by atoms with E-state index >= 15 is 0 Å². The lowest BCUT2D eigenvalue weighted by Crippen LogP contribution is -2.61. The molecule has 8 aromatic carbocycles. The van der Waals surface area contributed by atoms with Crippen molar-refractivity contribution in [1.82, 2.24) is 4.57 Å². The Morgan fingerprint density at radius 1 is 0.478 bits per heavy atom. The molecule has 326 valence electrons. The van der Waals surface area contributed by atoms with Gasteiger partial charge in [0.05, 0.1) is 5.52 Å². The Morgan fingerprint density at radius 3 is 1.90 bits per heavy atom. The van der Waals surface area contributed by atoms with Gasteiger partial charge in [-0.2, -0.15) is 0 Å². The number of fused-ring (bicyclic) bond motifs is 12. The monoisotopic (exact) mass is 866 g/mol. The summed E-state index contributed by atoms with van der Waals surface area (Å²) >= 11 is 0. The molecule has 0 radical (unpaired) electrons. The number of benzene rings is 8. The Labute approximate surface area is 394 Å². The van der Waals surface area contributed by atoms with Gasteiger partial charge in [-0.3, -0.25) is 9.36 Å². The zero-order valence-corrected chi connectivity index (χ0v) is 39.1. The van der Waals surface area contributed by atoms with Crippen LogP contribution in [0.25, 0.3) is 60.7 Å². The number of anilines is 3. The minimum Gasteiger partial charge on any atom is -0.311 e. The first-order valence-electron chi connectivity index (χ1n) is 25.0. The lowest BCUT2D eigenvalue weighted by Gasteiger charge is -2.40. The number of aromatic nitrogens is 1. The van der Waals surface area contributed by atoms with Gasteiger partial charge in [-0.25, -0.2) is 0 Å². The first kappa shape index (κ1) is 40.4. The van der Waals surface area contributed by atoms with Crippen molar-refractivity contribution in [3.63, 3.8) is 0 Å². The highest BCUT2D eigenvalue weighted by atomic mass is 16.1. The number of rotatable bonds is 10. The topological polar surface area (TPSA) is 25.2 Å². The standard InChI is InChI=1S/C63H55BN2O/c1-5-7-9-16-36-63(35-8-6-2)50-23-13-12-20-44(50)47-33-30-41(38-53(47)63)40-29-32-45-46-34-31-42(39-52(46)62(3,4)51(45)37-40)65-56-26-15-14-24-54(56)64-55-25-17-22-48-43-19-10-11-21-49(43)61(67)66(60(48)55)58-28-18-27-57(65)59(58)64/h10-15,17-34,37-39H,5-9,16,35-36H2,1-4H3.